The van der Waals surface area contributed by atoms with Gasteiger partial charge in [-0.3, -0.25) is 9.59 Å². The van der Waals surface area contributed by atoms with Crippen molar-refractivity contribution in [2.24, 2.45) is 0 Å². The maximum absolute atomic E-state index is 13.9. The Morgan fingerprint density at radius 2 is 1.55 bits per heavy atom. The topological polar surface area (TPSA) is 73.6 Å². The molecule has 0 unspecified atom stereocenters. The van der Waals surface area contributed by atoms with Crippen LogP contribution >= 0.6 is 0 Å². The fourth-order valence-corrected chi connectivity index (χ4v) is 3.69. The van der Waals surface area contributed by atoms with E-state index < -0.39 is 5.82 Å². The molecule has 0 atom stereocenters. The maximum Gasteiger partial charge on any atom is 0.256 e. The molecule has 1 heterocycles. The van der Waals surface area contributed by atoms with Gasteiger partial charge >= 0.3 is 0 Å². The maximum atomic E-state index is 13.9. The van der Waals surface area contributed by atoms with Gasteiger partial charge in [0.2, 0.25) is 0 Å². The number of halogens is 1. The van der Waals surface area contributed by atoms with Gasteiger partial charge in [0.15, 0.2) is 0 Å². The normalized spacial score (nSPS) is 13.3. The molecule has 7 heteroatoms. The third kappa shape index (κ3) is 5.18. The van der Waals surface area contributed by atoms with E-state index >= 15 is 0 Å². The smallest absolute Gasteiger partial charge is 0.256 e. The highest BCUT2D eigenvalue weighted by Crippen LogP contribution is 2.17. The lowest BCUT2D eigenvalue weighted by atomic mass is 10.1. The summed E-state index contributed by atoms with van der Waals surface area (Å²) in [4.78, 5) is 28.9. The molecule has 4 rings (SSSR count). The largest absolute Gasteiger partial charge is 0.489 e. The third-order valence-electron chi connectivity index (χ3n) is 5.52. The molecule has 0 aliphatic carbocycles. The molecular formula is C26H22FN3O3. The van der Waals surface area contributed by atoms with Crippen molar-refractivity contribution in [2.75, 3.05) is 26.2 Å². The van der Waals surface area contributed by atoms with Gasteiger partial charge in [0.1, 0.15) is 18.2 Å². The molecule has 3 aromatic rings. The predicted molar refractivity (Wildman–Crippen MR) is 120 cm³/mol. The number of benzene rings is 3. The summed E-state index contributed by atoms with van der Waals surface area (Å²) in [5, 5.41) is 8.87. The molecule has 0 radical (unpaired) electrons. The molecule has 0 aromatic heterocycles. The summed E-state index contributed by atoms with van der Waals surface area (Å²) in [7, 11) is 0. The molecule has 1 fully saturated rings. The molecule has 0 N–H and O–H groups in total. The quantitative estimate of drug-likeness (QED) is 0.600. The SMILES string of the molecule is N#Cc1ccc(OCc2cccc(C(=O)N3CCN(C(=O)c4ccccc4F)CC3)c2)cc1. The lowest BCUT2D eigenvalue weighted by molar-refractivity contribution is 0.0532. The van der Waals surface area contributed by atoms with Gasteiger partial charge in [-0.25, -0.2) is 4.39 Å². The van der Waals surface area contributed by atoms with Crippen LogP contribution in [0.2, 0.25) is 0 Å². The third-order valence-corrected chi connectivity index (χ3v) is 5.52. The van der Waals surface area contributed by atoms with Crippen LogP contribution in [0.3, 0.4) is 0 Å². The molecule has 1 aliphatic heterocycles. The monoisotopic (exact) mass is 443 g/mol. The Hall–Kier alpha value is -4.18. The summed E-state index contributed by atoms with van der Waals surface area (Å²) in [5.41, 5.74) is 2.00. The number of carbonyl (C=O) groups excluding carboxylic acids is 2. The molecule has 0 bridgehead atoms. The first-order chi connectivity index (χ1) is 16.0. The predicted octanol–water partition coefficient (Wildman–Crippen LogP) is 3.87. The lowest BCUT2D eigenvalue weighted by Gasteiger charge is -2.35. The zero-order valence-electron chi connectivity index (χ0n) is 17.9. The first-order valence-electron chi connectivity index (χ1n) is 10.6. The van der Waals surface area contributed by atoms with Crippen LogP contribution in [0, 0.1) is 17.1 Å². The highest BCUT2D eigenvalue weighted by atomic mass is 19.1. The summed E-state index contributed by atoms with van der Waals surface area (Å²) in [5.74, 6) is -0.377. The molecule has 0 spiro atoms. The van der Waals surface area contributed by atoms with Gasteiger partial charge in [-0.1, -0.05) is 24.3 Å². The molecule has 1 aliphatic rings. The van der Waals surface area contributed by atoms with Crippen LogP contribution in [0.4, 0.5) is 4.39 Å². The molecular weight excluding hydrogens is 421 g/mol. The zero-order chi connectivity index (χ0) is 23.2. The minimum Gasteiger partial charge on any atom is -0.489 e. The Bertz CT molecular complexity index is 1200. The van der Waals surface area contributed by atoms with Crippen LogP contribution in [0.5, 0.6) is 5.75 Å². The van der Waals surface area contributed by atoms with Gasteiger partial charge in [-0.15, -0.1) is 0 Å². The molecule has 33 heavy (non-hydrogen) atoms. The average molecular weight is 443 g/mol. The standard InChI is InChI=1S/C26H22FN3O3/c27-24-7-2-1-6-23(24)26(32)30-14-12-29(13-15-30)25(31)21-5-3-4-20(16-21)18-33-22-10-8-19(17-28)9-11-22/h1-11,16H,12-15,18H2. The van der Waals surface area contributed by atoms with Crippen LogP contribution in [-0.2, 0) is 6.61 Å². The summed E-state index contributed by atoms with van der Waals surface area (Å²) >= 11 is 0. The number of ether oxygens (including phenoxy) is 1. The first kappa shape index (κ1) is 22.0. The number of hydrogen-bond acceptors (Lipinski definition) is 4. The molecule has 3 aromatic carbocycles. The number of hydrogen-bond donors (Lipinski definition) is 0. The fraction of sp³-hybridized carbons (Fsp3) is 0.192. The van der Waals surface area contributed by atoms with Crippen LogP contribution in [0.25, 0.3) is 0 Å². The fourth-order valence-electron chi connectivity index (χ4n) is 3.69. The van der Waals surface area contributed by atoms with E-state index in [0.29, 0.717) is 43.1 Å². The molecule has 2 amide bonds. The van der Waals surface area contributed by atoms with Crippen molar-refractivity contribution in [3.05, 3.63) is 101 Å². The van der Waals surface area contributed by atoms with Crippen LogP contribution in [0.1, 0.15) is 31.8 Å². The van der Waals surface area contributed by atoms with E-state index in [0.717, 1.165) is 5.56 Å². The van der Waals surface area contributed by atoms with E-state index in [9.17, 15) is 14.0 Å². The Balaban J connectivity index is 1.34. The summed E-state index contributed by atoms with van der Waals surface area (Å²) in [6.45, 7) is 1.74. The minimum absolute atomic E-state index is 0.0484. The Labute approximate surface area is 191 Å². The van der Waals surface area contributed by atoms with Crippen LogP contribution in [0.15, 0.2) is 72.8 Å². The first-order valence-corrected chi connectivity index (χ1v) is 10.6. The van der Waals surface area contributed by atoms with E-state index in [1.165, 1.54) is 12.1 Å². The Kier molecular flexibility index (Phi) is 6.65. The van der Waals surface area contributed by atoms with Crippen molar-refractivity contribution in [1.82, 2.24) is 9.80 Å². The Morgan fingerprint density at radius 3 is 2.21 bits per heavy atom. The summed E-state index contributed by atoms with van der Waals surface area (Å²) in [6, 6.07) is 22.1. The second kappa shape index (κ2) is 9.96. The van der Waals surface area contributed by atoms with Gasteiger partial charge < -0.3 is 14.5 Å². The number of nitrogens with zero attached hydrogens (tertiary/aromatic N) is 3. The van der Waals surface area contributed by atoms with Crippen molar-refractivity contribution in [3.8, 4) is 11.8 Å². The van der Waals surface area contributed by atoms with E-state index in [1.807, 2.05) is 12.1 Å². The van der Waals surface area contributed by atoms with Crippen LogP contribution in [-0.4, -0.2) is 47.8 Å². The van der Waals surface area contributed by atoms with Crippen molar-refractivity contribution >= 4 is 11.8 Å². The van der Waals surface area contributed by atoms with Gasteiger partial charge in [0.25, 0.3) is 11.8 Å². The Morgan fingerprint density at radius 1 is 0.879 bits per heavy atom. The van der Waals surface area contributed by atoms with Gasteiger partial charge in [-0.05, 0) is 54.1 Å². The van der Waals surface area contributed by atoms with Gasteiger partial charge in [-0.2, -0.15) is 5.26 Å². The van der Waals surface area contributed by atoms with E-state index in [4.69, 9.17) is 10.00 Å². The van der Waals surface area contributed by atoms with E-state index in [-0.39, 0.29) is 24.0 Å². The molecule has 0 saturated carbocycles. The number of rotatable bonds is 5. The van der Waals surface area contributed by atoms with E-state index in [2.05, 4.69) is 6.07 Å². The summed E-state index contributed by atoms with van der Waals surface area (Å²) < 4.78 is 19.7. The highest BCUT2D eigenvalue weighted by Gasteiger charge is 2.26. The second-order valence-corrected chi connectivity index (χ2v) is 7.69. The number of nitriles is 1. The average Bonchev–Trinajstić information content (AvgIpc) is 2.87. The molecule has 6 nitrogen and oxygen atoms in total. The van der Waals surface area contributed by atoms with Crippen molar-refractivity contribution < 1.29 is 18.7 Å². The summed E-state index contributed by atoms with van der Waals surface area (Å²) in [6.07, 6.45) is 0. The van der Waals surface area contributed by atoms with Gasteiger partial charge in [0.05, 0.1) is 17.2 Å². The zero-order valence-corrected chi connectivity index (χ0v) is 17.9. The van der Waals surface area contributed by atoms with E-state index in [1.54, 1.807) is 58.3 Å². The van der Waals surface area contributed by atoms with Gasteiger partial charge in [0, 0.05) is 31.7 Å². The number of piperazine rings is 1. The van der Waals surface area contributed by atoms with Crippen molar-refractivity contribution in [1.29, 1.82) is 5.26 Å². The highest BCUT2D eigenvalue weighted by molar-refractivity contribution is 5.96. The number of amides is 2. The van der Waals surface area contributed by atoms with Crippen molar-refractivity contribution in [3.63, 3.8) is 0 Å². The molecule has 1 saturated heterocycles. The lowest BCUT2D eigenvalue weighted by Crippen LogP contribution is -2.50. The number of carbonyl (C=O) groups is 2. The minimum atomic E-state index is -0.541. The second-order valence-electron chi connectivity index (χ2n) is 7.69. The van der Waals surface area contributed by atoms with Crippen LogP contribution < -0.4 is 4.74 Å². The van der Waals surface area contributed by atoms with Crippen molar-refractivity contribution in [2.45, 2.75) is 6.61 Å². The molecule has 166 valence electrons.